The van der Waals surface area contributed by atoms with Gasteiger partial charge in [-0.1, -0.05) is 11.8 Å². The molecule has 0 saturated carbocycles. The van der Waals surface area contributed by atoms with E-state index in [1.807, 2.05) is 0 Å². The summed E-state index contributed by atoms with van der Waals surface area (Å²) in [6.07, 6.45) is 4.36. The van der Waals surface area contributed by atoms with Crippen LogP contribution in [0.15, 0.2) is 16.1 Å². The van der Waals surface area contributed by atoms with Gasteiger partial charge in [0.1, 0.15) is 5.56 Å². The Balaban J connectivity index is 1.67. The van der Waals surface area contributed by atoms with Crippen LogP contribution in [0.3, 0.4) is 0 Å². The zero-order chi connectivity index (χ0) is 18.3. The smallest absolute Gasteiger partial charge is 0.264 e. The lowest BCUT2D eigenvalue weighted by atomic mass is 9.66. The van der Waals surface area contributed by atoms with E-state index < -0.39 is 11.2 Å². The zero-order valence-electron chi connectivity index (χ0n) is 14.6. The first-order valence-electron chi connectivity index (χ1n) is 8.86. The zero-order valence-corrected chi connectivity index (χ0v) is 15.5. The lowest BCUT2D eigenvalue weighted by molar-refractivity contribution is -0.212. The van der Waals surface area contributed by atoms with E-state index in [2.05, 4.69) is 9.97 Å². The quantitative estimate of drug-likeness (QED) is 0.554. The number of nitrogens with zero attached hydrogens (tertiary/aromatic N) is 2. The number of amides is 1. The highest BCUT2D eigenvalue weighted by Gasteiger charge is 2.56. The van der Waals surface area contributed by atoms with E-state index in [1.165, 1.54) is 18.0 Å². The Labute approximate surface area is 155 Å². The number of H-pyrrole nitrogens is 1. The van der Waals surface area contributed by atoms with E-state index in [-0.39, 0.29) is 29.3 Å². The first-order chi connectivity index (χ1) is 12.5. The number of ether oxygens (including phenoxy) is 2. The lowest BCUT2D eigenvalue weighted by Gasteiger charge is -2.57. The summed E-state index contributed by atoms with van der Waals surface area (Å²) >= 11 is 1.31. The van der Waals surface area contributed by atoms with E-state index in [0.29, 0.717) is 51.0 Å². The van der Waals surface area contributed by atoms with Crippen LogP contribution >= 0.6 is 11.8 Å². The van der Waals surface area contributed by atoms with Crippen LogP contribution in [-0.2, 0) is 9.47 Å². The number of fused-ring (bicyclic) bond motifs is 3. The van der Waals surface area contributed by atoms with Crippen molar-refractivity contribution in [2.75, 3.05) is 39.2 Å². The number of hydrogen-bond donors (Lipinski definition) is 2. The Hall–Kier alpha value is -1.42. The van der Waals surface area contributed by atoms with Crippen LogP contribution in [0.1, 0.15) is 23.2 Å². The summed E-state index contributed by atoms with van der Waals surface area (Å²) in [4.78, 5) is 34.0. The number of piperidine rings is 1. The molecule has 26 heavy (non-hydrogen) atoms. The number of aromatic nitrogens is 2. The molecule has 9 heteroatoms. The molecule has 1 aromatic rings. The van der Waals surface area contributed by atoms with Crippen molar-refractivity contribution in [2.24, 2.45) is 11.8 Å². The molecular formula is C17H23N3O5S. The first-order valence-corrected chi connectivity index (χ1v) is 10.1. The molecule has 2 N–H and O–H groups in total. The SMILES string of the molecule is CSc1ncc(C(=O)N2C[C@@H]3COCC[C@]3(O)[C@H]3COCC[C@H]32)c(=O)[nH]1. The molecule has 1 amide bonds. The van der Waals surface area contributed by atoms with Gasteiger partial charge in [-0.05, 0) is 12.7 Å². The van der Waals surface area contributed by atoms with Crippen molar-refractivity contribution in [3.05, 3.63) is 22.1 Å². The monoisotopic (exact) mass is 381 g/mol. The number of aromatic amines is 1. The number of carbonyl (C=O) groups excluding carboxylic acids is 1. The number of hydrogen-bond acceptors (Lipinski definition) is 7. The lowest BCUT2D eigenvalue weighted by Crippen LogP contribution is -2.69. The molecule has 0 unspecified atom stereocenters. The Kier molecular flexibility index (Phi) is 4.81. The number of nitrogens with one attached hydrogen (secondary N) is 1. The normalized spacial score (nSPS) is 34.1. The van der Waals surface area contributed by atoms with Gasteiger partial charge in [0.05, 0.1) is 18.8 Å². The third-order valence-electron chi connectivity index (χ3n) is 5.91. The second-order valence-electron chi connectivity index (χ2n) is 7.14. The minimum atomic E-state index is -0.881. The molecule has 4 rings (SSSR count). The van der Waals surface area contributed by atoms with E-state index in [0.717, 1.165) is 0 Å². The van der Waals surface area contributed by atoms with Crippen LogP contribution in [0.25, 0.3) is 0 Å². The van der Waals surface area contributed by atoms with Crippen molar-refractivity contribution >= 4 is 17.7 Å². The van der Waals surface area contributed by atoms with E-state index in [4.69, 9.17) is 9.47 Å². The van der Waals surface area contributed by atoms with Crippen molar-refractivity contribution in [3.8, 4) is 0 Å². The summed E-state index contributed by atoms with van der Waals surface area (Å²) in [5.74, 6) is -0.683. The molecular weight excluding hydrogens is 358 g/mol. The van der Waals surface area contributed by atoms with Crippen LogP contribution in [0.2, 0.25) is 0 Å². The summed E-state index contributed by atoms with van der Waals surface area (Å²) in [7, 11) is 0. The molecule has 3 aliphatic rings. The molecule has 4 heterocycles. The van der Waals surface area contributed by atoms with Crippen molar-refractivity contribution in [1.82, 2.24) is 14.9 Å². The third-order valence-corrected chi connectivity index (χ3v) is 6.51. The van der Waals surface area contributed by atoms with Crippen molar-refractivity contribution in [1.29, 1.82) is 0 Å². The third kappa shape index (κ3) is 2.87. The maximum Gasteiger partial charge on any atom is 0.264 e. The van der Waals surface area contributed by atoms with Gasteiger partial charge in [-0.3, -0.25) is 9.59 Å². The van der Waals surface area contributed by atoms with Gasteiger partial charge in [0, 0.05) is 50.3 Å². The second kappa shape index (κ2) is 6.95. The maximum absolute atomic E-state index is 13.1. The van der Waals surface area contributed by atoms with Crippen molar-refractivity contribution in [2.45, 2.75) is 29.6 Å². The van der Waals surface area contributed by atoms with Crippen LogP contribution in [-0.4, -0.2) is 76.8 Å². The Morgan fingerprint density at radius 1 is 1.42 bits per heavy atom. The molecule has 0 aromatic carbocycles. The molecule has 3 aliphatic heterocycles. The molecule has 0 aliphatic carbocycles. The fourth-order valence-electron chi connectivity index (χ4n) is 4.48. The Morgan fingerprint density at radius 2 is 2.23 bits per heavy atom. The van der Waals surface area contributed by atoms with Crippen molar-refractivity contribution < 1.29 is 19.4 Å². The number of likely N-dealkylation sites (tertiary alicyclic amines) is 1. The molecule has 1 aromatic heterocycles. The van der Waals surface area contributed by atoms with Gasteiger partial charge in [0.25, 0.3) is 11.5 Å². The summed E-state index contributed by atoms with van der Waals surface area (Å²) in [5.41, 5.74) is -1.28. The van der Waals surface area contributed by atoms with Gasteiger partial charge in [-0.2, -0.15) is 0 Å². The van der Waals surface area contributed by atoms with Crippen LogP contribution in [0, 0.1) is 11.8 Å². The summed E-state index contributed by atoms with van der Waals surface area (Å²) in [5, 5.41) is 11.8. The average molecular weight is 381 g/mol. The average Bonchev–Trinajstić information content (AvgIpc) is 2.67. The topological polar surface area (TPSA) is 105 Å². The number of aliphatic hydroxyl groups is 1. The highest BCUT2D eigenvalue weighted by Crippen LogP contribution is 2.44. The van der Waals surface area contributed by atoms with Crippen LogP contribution in [0.4, 0.5) is 0 Å². The molecule has 3 fully saturated rings. The maximum atomic E-state index is 13.1. The number of carbonyl (C=O) groups is 1. The molecule has 0 bridgehead atoms. The van der Waals surface area contributed by atoms with E-state index in [1.54, 1.807) is 11.2 Å². The minimum Gasteiger partial charge on any atom is -0.389 e. The highest BCUT2D eigenvalue weighted by molar-refractivity contribution is 7.98. The fraction of sp³-hybridized carbons (Fsp3) is 0.706. The minimum absolute atomic E-state index is 0.0372. The predicted octanol–water partition coefficient (Wildman–Crippen LogP) is 0.120. The molecule has 4 atom stereocenters. The van der Waals surface area contributed by atoms with Gasteiger partial charge in [0.2, 0.25) is 0 Å². The Bertz CT molecular complexity index is 756. The standard InChI is InChI=1S/C17H23N3O5S/c1-26-16-18-6-11(14(21)19-16)15(22)20-7-10-8-25-5-3-17(10,23)12-9-24-4-2-13(12)20/h6,10,12-13,23H,2-5,7-9H2,1H3,(H,18,19,21)/t10-,12+,13-,17-/m1/s1. The number of rotatable bonds is 2. The van der Waals surface area contributed by atoms with Crippen molar-refractivity contribution in [3.63, 3.8) is 0 Å². The largest absolute Gasteiger partial charge is 0.389 e. The second-order valence-corrected chi connectivity index (χ2v) is 7.94. The van der Waals surface area contributed by atoms with Gasteiger partial charge in [0.15, 0.2) is 5.16 Å². The fourth-order valence-corrected chi connectivity index (χ4v) is 4.83. The van der Waals surface area contributed by atoms with E-state index >= 15 is 0 Å². The van der Waals surface area contributed by atoms with E-state index in [9.17, 15) is 14.7 Å². The molecule has 142 valence electrons. The van der Waals surface area contributed by atoms with Crippen LogP contribution in [0.5, 0.6) is 0 Å². The number of thioether (sulfide) groups is 1. The Morgan fingerprint density at radius 3 is 3.00 bits per heavy atom. The summed E-state index contributed by atoms with van der Waals surface area (Å²) < 4.78 is 11.2. The molecule has 8 nitrogen and oxygen atoms in total. The molecule has 3 saturated heterocycles. The van der Waals surface area contributed by atoms with Gasteiger partial charge in [-0.25, -0.2) is 4.98 Å². The highest BCUT2D eigenvalue weighted by atomic mass is 32.2. The van der Waals surface area contributed by atoms with Gasteiger partial charge >= 0.3 is 0 Å². The summed E-state index contributed by atoms with van der Waals surface area (Å²) in [6.45, 7) is 2.26. The first kappa shape index (κ1) is 18.0. The predicted molar refractivity (Wildman–Crippen MR) is 94.3 cm³/mol. The van der Waals surface area contributed by atoms with Gasteiger partial charge in [-0.15, -0.1) is 0 Å². The molecule has 0 spiro atoms. The van der Waals surface area contributed by atoms with Crippen LogP contribution < -0.4 is 5.56 Å². The summed E-state index contributed by atoms with van der Waals surface area (Å²) in [6, 6.07) is -0.143. The van der Waals surface area contributed by atoms with Gasteiger partial charge < -0.3 is 24.5 Å². The molecule has 0 radical (unpaired) electrons.